The van der Waals surface area contributed by atoms with Crippen molar-refractivity contribution in [2.75, 3.05) is 12.8 Å². The number of benzene rings is 2. The molecule has 0 saturated heterocycles. The van der Waals surface area contributed by atoms with Crippen molar-refractivity contribution in [3.63, 3.8) is 0 Å². The van der Waals surface area contributed by atoms with Crippen LogP contribution in [0.25, 0.3) is 0 Å². The van der Waals surface area contributed by atoms with Crippen molar-refractivity contribution < 1.29 is 4.79 Å². The van der Waals surface area contributed by atoms with Crippen LogP contribution in [0.4, 0.5) is 5.69 Å². The molecule has 0 atom stereocenters. The maximum absolute atomic E-state index is 12.5. The van der Waals surface area contributed by atoms with Crippen LogP contribution in [-0.2, 0) is 13.0 Å². The molecule has 2 N–H and O–H groups in total. The lowest BCUT2D eigenvalue weighted by Gasteiger charge is -2.19. The fraction of sp³-hybridized carbons (Fsp3) is 0.235. The summed E-state index contributed by atoms with van der Waals surface area (Å²) in [5.41, 5.74) is 9.38. The van der Waals surface area contributed by atoms with Gasteiger partial charge in [0.05, 0.1) is 0 Å². The number of rotatable bonds is 4. The van der Waals surface area contributed by atoms with E-state index in [0.29, 0.717) is 6.54 Å². The zero-order valence-corrected chi connectivity index (χ0v) is 12.0. The van der Waals surface area contributed by atoms with Crippen LogP contribution in [0.5, 0.6) is 0 Å². The average molecular weight is 268 g/mol. The van der Waals surface area contributed by atoms with Crippen molar-refractivity contribution >= 4 is 11.6 Å². The van der Waals surface area contributed by atoms with Crippen molar-refractivity contribution in [1.29, 1.82) is 0 Å². The highest BCUT2D eigenvalue weighted by atomic mass is 16.2. The molecule has 0 aliphatic rings. The minimum atomic E-state index is 0.0462. The average Bonchev–Trinajstić information content (AvgIpc) is 2.46. The molecule has 0 bridgehead atoms. The van der Waals surface area contributed by atoms with Crippen molar-refractivity contribution in [3.05, 3.63) is 65.2 Å². The lowest BCUT2D eigenvalue weighted by atomic mass is 10.0. The van der Waals surface area contributed by atoms with Gasteiger partial charge in [0, 0.05) is 24.8 Å². The van der Waals surface area contributed by atoms with Crippen LogP contribution in [0.2, 0.25) is 0 Å². The lowest BCUT2D eigenvalue weighted by molar-refractivity contribution is 0.0784. The summed E-state index contributed by atoms with van der Waals surface area (Å²) in [6, 6.07) is 15.4. The molecule has 0 spiro atoms. The molecule has 0 saturated carbocycles. The predicted octanol–water partition coefficient (Wildman–Crippen LogP) is 3.10. The Morgan fingerprint density at radius 3 is 2.60 bits per heavy atom. The molecule has 2 aromatic rings. The summed E-state index contributed by atoms with van der Waals surface area (Å²) in [5.74, 6) is 0.0462. The molecule has 0 radical (unpaired) electrons. The minimum Gasteiger partial charge on any atom is -0.399 e. The van der Waals surface area contributed by atoms with Gasteiger partial charge in [0.2, 0.25) is 0 Å². The zero-order valence-electron chi connectivity index (χ0n) is 12.0. The fourth-order valence-electron chi connectivity index (χ4n) is 2.28. The van der Waals surface area contributed by atoms with Gasteiger partial charge in [-0.2, -0.15) is 0 Å². The highest BCUT2D eigenvalue weighted by Gasteiger charge is 2.14. The van der Waals surface area contributed by atoms with E-state index in [0.717, 1.165) is 28.8 Å². The first-order valence-corrected chi connectivity index (χ1v) is 6.79. The van der Waals surface area contributed by atoms with E-state index < -0.39 is 0 Å². The Labute approximate surface area is 120 Å². The summed E-state index contributed by atoms with van der Waals surface area (Å²) >= 11 is 0. The number of nitrogens with two attached hydrogens (primary N) is 1. The summed E-state index contributed by atoms with van der Waals surface area (Å²) in [4.78, 5) is 14.2. The van der Waals surface area contributed by atoms with Crippen LogP contribution in [-0.4, -0.2) is 17.9 Å². The molecule has 0 aliphatic carbocycles. The van der Waals surface area contributed by atoms with Crippen molar-refractivity contribution in [1.82, 2.24) is 4.90 Å². The number of anilines is 1. The van der Waals surface area contributed by atoms with E-state index in [2.05, 4.69) is 6.92 Å². The summed E-state index contributed by atoms with van der Waals surface area (Å²) in [6.45, 7) is 2.62. The highest BCUT2D eigenvalue weighted by Crippen LogP contribution is 2.14. The Kier molecular flexibility index (Phi) is 4.41. The van der Waals surface area contributed by atoms with E-state index in [9.17, 15) is 4.79 Å². The van der Waals surface area contributed by atoms with E-state index in [1.807, 2.05) is 55.6 Å². The van der Waals surface area contributed by atoms with Crippen LogP contribution in [0.3, 0.4) is 0 Å². The molecular formula is C17H20N2O. The van der Waals surface area contributed by atoms with Gasteiger partial charge in [-0.1, -0.05) is 37.3 Å². The first-order chi connectivity index (χ1) is 9.61. The third-order valence-electron chi connectivity index (χ3n) is 3.35. The SMILES string of the molecule is CCc1ccccc1C(=O)N(C)Cc1cccc(N)c1. The molecule has 3 nitrogen and oxygen atoms in total. The van der Waals surface area contributed by atoms with Gasteiger partial charge in [-0.3, -0.25) is 4.79 Å². The first kappa shape index (κ1) is 14.1. The number of nitrogens with zero attached hydrogens (tertiary/aromatic N) is 1. The van der Waals surface area contributed by atoms with Gasteiger partial charge in [-0.05, 0) is 35.7 Å². The Bertz CT molecular complexity index is 607. The monoisotopic (exact) mass is 268 g/mol. The lowest BCUT2D eigenvalue weighted by Crippen LogP contribution is -2.27. The topological polar surface area (TPSA) is 46.3 Å². The summed E-state index contributed by atoms with van der Waals surface area (Å²) < 4.78 is 0. The maximum Gasteiger partial charge on any atom is 0.254 e. The van der Waals surface area contributed by atoms with Crippen molar-refractivity contribution in [3.8, 4) is 0 Å². The third kappa shape index (κ3) is 3.18. The Morgan fingerprint density at radius 2 is 1.90 bits per heavy atom. The molecule has 0 unspecified atom stereocenters. The third-order valence-corrected chi connectivity index (χ3v) is 3.35. The van der Waals surface area contributed by atoms with Gasteiger partial charge >= 0.3 is 0 Å². The predicted molar refractivity (Wildman–Crippen MR) is 82.5 cm³/mol. The molecule has 0 fully saturated rings. The maximum atomic E-state index is 12.5. The largest absolute Gasteiger partial charge is 0.399 e. The summed E-state index contributed by atoms with van der Waals surface area (Å²) in [6.07, 6.45) is 0.855. The molecule has 20 heavy (non-hydrogen) atoms. The zero-order chi connectivity index (χ0) is 14.5. The normalized spacial score (nSPS) is 10.3. The molecule has 104 valence electrons. The molecule has 3 heteroatoms. The number of nitrogen functional groups attached to an aromatic ring is 1. The van der Waals surface area contributed by atoms with E-state index in [4.69, 9.17) is 5.73 Å². The Hall–Kier alpha value is -2.29. The second-order valence-electron chi connectivity index (χ2n) is 4.92. The Balaban J connectivity index is 2.16. The molecule has 0 aliphatic heterocycles. The van der Waals surface area contributed by atoms with Gasteiger partial charge in [-0.15, -0.1) is 0 Å². The van der Waals surface area contributed by atoms with Crippen LogP contribution in [0, 0.1) is 0 Å². The van der Waals surface area contributed by atoms with Crippen LogP contribution < -0.4 is 5.73 Å². The van der Waals surface area contributed by atoms with Gasteiger partial charge < -0.3 is 10.6 Å². The standard InChI is InChI=1S/C17H20N2O/c1-3-14-8-4-5-10-16(14)17(20)19(2)12-13-7-6-9-15(18)11-13/h4-11H,3,12,18H2,1-2H3. The van der Waals surface area contributed by atoms with E-state index in [1.54, 1.807) is 4.90 Å². The molecule has 2 rings (SSSR count). The number of aryl methyl sites for hydroxylation is 1. The van der Waals surface area contributed by atoms with Crippen molar-refractivity contribution in [2.24, 2.45) is 0 Å². The highest BCUT2D eigenvalue weighted by molar-refractivity contribution is 5.95. The van der Waals surface area contributed by atoms with Gasteiger partial charge in [-0.25, -0.2) is 0 Å². The Morgan fingerprint density at radius 1 is 1.15 bits per heavy atom. The van der Waals surface area contributed by atoms with Gasteiger partial charge in [0.25, 0.3) is 5.91 Å². The smallest absolute Gasteiger partial charge is 0.254 e. The molecular weight excluding hydrogens is 248 g/mol. The second-order valence-corrected chi connectivity index (χ2v) is 4.92. The second kappa shape index (κ2) is 6.24. The first-order valence-electron chi connectivity index (χ1n) is 6.79. The summed E-state index contributed by atoms with van der Waals surface area (Å²) in [5, 5.41) is 0. The summed E-state index contributed by atoms with van der Waals surface area (Å²) in [7, 11) is 1.82. The van der Waals surface area contributed by atoms with Gasteiger partial charge in [0.1, 0.15) is 0 Å². The number of hydrogen-bond acceptors (Lipinski definition) is 2. The number of carbonyl (C=O) groups is 1. The van der Waals surface area contributed by atoms with E-state index in [-0.39, 0.29) is 5.91 Å². The molecule has 2 aromatic carbocycles. The quantitative estimate of drug-likeness (QED) is 0.866. The molecule has 0 aromatic heterocycles. The molecule has 1 amide bonds. The fourth-order valence-corrected chi connectivity index (χ4v) is 2.28. The van der Waals surface area contributed by atoms with Gasteiger partial charge in [0.15, 0.2) is 0 Å². The van der Waals surface area contributed by atoms with E-state index >= 15 is 0 Å². The van der Waals surface area contributed by atoms with E-state index in [1.165, 1.54) is 0 Å². The minimum absolute atomic E-state index is 0.0462. The number of hydrogen-bond donors (Lipinski definition) is 1. The molecule has 0 heterocycles. The van der Waals surface area contributed by atoms with Crippen LogP contribution in [0.15, 0.2) is 48.5 Å². The number of amides is 1. The number of carbonyl (C=O) groups excluding carboxylic acids is 1. The van der Waals surface area contributed by atoms with Crippen LogP contribution in [0.1, 0.15) is 28.4 Å². The van der Waals surface area contributed by atoms with Crippen LogP contribution >= 0.6 is 0 Å². The van der Waals surface area contributed by atoms with Crippen molar-refractivity contribution in [2.45, 2.75) is 19.9 Å².